The van der Waals surface area contributed by atoms with Crippen LogP contribution < -0.4 is 0 Å². The molecular formula is C11H20ClN3O2S. The van der Waals surface area contributed by atoms with Gasteiger partial charge in [0.2, 0.25) is 0 Å². The minimum Gasteiger partial charge on any atom is -0.295 e. The number of halogens is 1. The van der Waals surface area contributed by atoms with Crippen molar-refractivity contribution >= 4 is 19.7 Å². The lowest BCUT2D eigenvalue weighted by Crippen LogP contribution is -2.28. The summed E-state index contributed by atoms with van der Waals surface area (Å²) in [6.07, 6.45) is 0. The molecule has 0 fully saturated rings. The van der Waals surface area contributed by atoms with Gasteiger partial charge in [-0.2, -0.15) is 0 Å². The molecule has 7 heteroatoms. The minimum absolute atomic E-state index is 0.101. The number of hydrogen-bond donors (Lipinski definition) is 0. The zero-order valence-corrected chi connectivity index (χ0v) is 13.2. The molecule has 0 N–H and O–H groups in total. The topological polar surface area (TPSA) is 64.8 Å². The van der Waals surface area contributed by atoms with Gasteiger partial charge in [0, 0.05) is 22.1 Å². The molecule has 0 aromatic carbocycles. The molecule has 0 aliphatic rings. The lowest BCUT2D eigenvalue weighted by molar-refractivity contribution is 0.333. The van der Waals surface area contributed by atoms with Crippen LogP contribution in [0.15, 0.2) is 5.16 Å². The van der Waals surface area contributed by atoms with Gasteiger partial charge in [0.05, 0.1) is 0 Å². The highest BCUT2D eigenvalue weighted by molar-refractivity contribution is 8.13. The van der Waals surface area contributed by atoms with Gasteiger partial charge < -0.3 is 0 Å². The van der Waals surface area contributed by atoms with Crippen LogP contribution in [-0.4, -0.2) is 23.2 Å². The fraction of sp³-hybridized carbons (Fsp3) is 0.818. The Balaban J connectivity index is 3.53. The van der Waals surface area contributed by atoms with E-state index in [0.29, 0.717) is 11.7 Å². The smallest absolute Gasteiger partial charge is 0.295 e. The van der Waals surface area contributed by atoms with Crippen LogP contribution in [0.25, 0.3) is 0 Å². The Hall–Kier alpha value is -0.620. The van der Waals surface area contributed by atoms with Gasteiger partial charge in [0.15, 0.2) is 0 Å². The van der Waals surface area contributed by atoms with Crippen LogP contribution in [0.4, 0.5) is 0 Å². The minimum atomic E-state index is -3.89. The monoisotopic (exact) mass is 293 g/mol. The van der Waals surface area contributed by atoms with Gasteiger partial charge in [-0.15, -0.1) is 10.2 Å². The summed E-state index contributed by atoms with van der Waals surface area (Å²) < 4.78 is 24.7. The first-order valence-electron chi connectivity index (χ1n) is 5.86. The molecule has 0 radical (unpaired) electrons. The van der Waals surface area contributed by atoms with Gasteiger partial charge >= 0.3 is 0 Å². The maximum Gasteiger partial charge on any atom is 0.296 e. The lowest BCUT2D eigenvalue weighted by Gasteiger charge is -2.27. The van der Waals surface area contributed by atoms with E-state index in [1.54, 1.807) is 4.57 Å². The Labute approximate surface area is 113 Å². The van der Waals surface area contributed by atoms with E-state index in [1.165, 1.54) is 0 Å². The van der Waals surface area contributed by atoms with Gasteiger partial charge in [-0.1, -0.05) is 20.8 Å². The molecule has 18 heavy (non-hydrogen) atoms. The van der Waals surface area contributed by atoms with Crippen LogP contribution in [0.3, 0.4) is 0 Å². The lowest BCUT2D eigenvalue weighted by atomic mass is 9.96. The largest absolute Gasteiger partial charge is 0.296 e. The van der Waals surface area contributed by atoms with Crippen molar-refractivity contribution in [1.29, 1.82) is 0 Å². The molecule has 0 amide bonds. The highest BCUT2D eigenvalue weighted by Gasteiger charge is 2.32. The Bertz CT molecular complexity index is 529. The third-order valence-electron chi connectivity index (χ3n) is 2.95. The highest BCUT2D eigenvalue weighted by atomic mass is 35.7. The van der Waals surface area contributed by atoms with Gasteiger partial charge in [-0.25, -0.2) is 8.42 Å². The molecule has 0 spiro atoms. The summed E-state index contributed by atoms with van der Waals surface area (Å²) in [4.78, 5) is 0. The van der Waals surface area contributed by atoms with Gasteiger partial charge in [-0.3, -0.25) is 4.57 Å². The van der Waals surface area contributed by atoms with Crippen molar-refractivity contribution < 1.29 is 8.42 Å². The summed E-state index contributed by atoms with van der Waals surface area (Å²) in [6, 6.07) is 0. The Kier molecular flexibility index (Phi) is 4.13. The van der Waals surface area contributed by atoms with Crippen molar-refractivity contribution in [2.24, 2.45) is 5.92 Å². The van der Waals surface area contributed by atoms with Gasteiger partial charge in [0.25, 0.3) is 14.2 Å². The normalized spacial score (nSPS) is 15.1. The average Bonchev–Trinajstić information content (AvgIpc) is 2.58. The third kappa shape index (κ3) is 3.03. The van der Waals surface area contributed by atoms with Crippen molar-refractivity contribution in [1.82, 2.24) is 14.8 Å². The second-order valence-electron chi connectivity index (χ2n) is 5.82. The standard InChI is InChI=1S/C11H20ClN3O2S/c1-7(2)8(3)9-13-14-10(18(12,16)17)15(9)11(4,5)6/h7-8H,1-6H3. The molecule has 1 aromatic heterocycles. The van der Waals surface area contributed by atoms with E-state index >= 15 is 0 Å². The van der Waals surface area contributed by atoms with E-state index in [0.717, 1.165) is 0 Å². The van der Waals surface area contributed by atoms with E-state index in [4.69, 9.17) is 10.7 Å². The number of hydrogen-bond acceptors (Lipinski definition) is 4. The Morgan fingerprint density at radius 3 is 2.00 bits per heavy atom. The SMILES string of the molecule is CC(C)C(C)c1nnc(S(=O)(=O)Cl)n1C(C)(C)C. The fourth-order valence-corrected chi connectivity index (χ4v) is 2.69. The quantitative estimate of drug-likeness (QED) is 0.804. The molecule has 0 saturated heterocycles. The molecule has 0 saturated carbocycles. The van der Waals surface area contributed by atoms with E-state index in [-0.39, 0.29) is 11.1 Å². The number of rotatable bonds is 3. The maximum absolute atomic E-state index is 11.5. The summed E-state index contributed by atoms with van der Waals surface area (Å²) in [5.74, 6) is 1.08. The summed E-state index contributed by atoms with van der Waals surface area (Å²) in [7, 11) is 1.52. The van der Waals surface area contributed by atoms with Crippen LogP contribution in [-0.2, 0) is 14.6 Å². The van der Waals surface area contributed by atoms with Crippen LogP contribution in [0, 0.1) is 5.92 Å². The molecule has 1 heterocycles. The first-order chi connectivity index (χ1) is 7.96. The summed E-state index contributed by atoms with van der Waals surface area (Å²) >= 11 is 0. The number of aromatic nitrogens is 3. The van der Waals surface area contributed by atoms with Crippen LogP contribution >= 0.6 is 10.7 Å². The van der Waals surface area contributed by atoms with Gasteiger partial charge in [-0.05, 0) is 26.7 Å². The molecule has 0 aliphatic carbocycles. The predicted molar refractivity (Wildman–Crippen MR) is 71.3 cm³/mol. The summed E-state index contributed by atoms with van der Waals surface area (Å²) in [5, 5.41) is 7.59. The van der Waals surface area contributed by atoms with Crippen molar-refractivity contribution in [2.75, 3.05) is 0 Å². The van der Waals surface area contributed by atoms with E-state index in [2.05, 4.69) is 24.0 Å². The number of nitrogens with zero attached hydrogens (tertiary/aromatic N) is 3. The van der Waals surface area contributed by atoms with E-state index in [1.807, 2.05) is 27.7 Å². The zero-order chi connectivity index (χ0) is 14.3. The molecule has 104 valence electrons. The van der Waals surface area contributed by atoms with Crippen LogP contribution in [0.1, 0.15) is 53.3 Å². The Morgan fingerprint density at radius 1 is 1.17 bits per heavy atom. The van der Waals surface area contributed by atoms with Gasteiger partial charge in [0.1, 0.15) is 5.82 Å². The first kappa shape index (κ1) is 15.4. The van der Waals surface area contributed by atoms with Crippen LogP contribution in [0.5, 0.6) is 0 Å². The molecule has 0 bridgehead atoms. The summed E-state index contributed by atoms with van der Waals surface area (Å²) in [5.41, 5.74) is -0.445. The predicted octanol–water partition coefficient (Wildman–Crippen LogP) is 2.72. The van der Waals surface area contributed by atoms with Crippen molar-refractivity contribution in [3.63, 3.8) is 0 Å². The second-order valence-corrected chi connectivity index (χ2v) is 8.28. The average molecular weight is 294 g/mol. The molecule has 1 rings (SSSR count). The summed E-state index contributed by atoms with van der Waals surface area (Å²) in [6.45, 7) is 11.8. The molecular weight excluding hydrogens is 274 g/mol. The molecule has 5 nitrogen and oxygen atoms in total. The molecule has 1 aromatic rings. The first-order valence-corrected chi connectivity index (χ1v) is 8.17. The van der Waals surface area contributed by atoms with E-state index in [9.17, 15) is 8.42 Å². The molecule has 0 aliphatic heterocycles. The Morgan fingerprint density at radius 2 is 1.67 bits per heavy atom. The second kappa shape index (κ2) is 4.81. The zero-order valence-electron chi connectivity index (χ0n) is 11.6. The van der Waals surface area contributed by atoms with Crippen molar-refractivity contribution in [3.05, 3.63) is 5.82 Å². The third-order valence-corrected chi connectivity index (χ3v) is 4.07. The molecule has 1 atom stereocenters. The highest BCUT2D eigenvalue weighted by Crippen LogP contribution is 2.30. The van der Waals surface area contributed by atoms with E-state index < -0.39 is 14.6 Å². The fourth-order valence-electron chi connectivity index (χ4n) is 1.66. The molecule has 1 unspecified atom stereocenters. The van der Waals surface area contributed by atoms with Crippen LogP contribution in [0.2, 0.25) is 0 Å². The van der Waals surface area contributed by atoms with Crippen molar-refractivity contribution in [2.45, 2.75) is 58.2 Å². The maximum atomic E-state index is 11.5. The van der Waals surface area contributed by atoms with Crippen molar-refractivity contribution in [3.8, 4) is 0 Å².